The molecule has 2 aliphatic rings. The predicted molar refractivity (Wildman–Crippen MR) is 125 cm³/mol. The van der Waals surface area contributed by atoms with E-state index in [-0.39, 0.29) is 54.1 Å². The molecule has 7 nitrogen and oxygen atoms in total. The minimum Gasteiger partial charge on any atom is -0.748 e. The minimum absolute atomic E-state index is 0. The van der Waals surface area contributed by atoms with E-state index in [0.29, 0.717) is 19.3 Å². The van der Waals surface area contributed by atoms with Crippen LogP contribution in [0.4, 0.5) is 0 Å². The van der Waals surface area contributed by atoms with Crippen molar-refractivity contribution in [2.24, 2.45) is 23.7 Å². The molecule has 0 aromatic heterocycles. The van der Waals surface area contributed by atoms with E-state index in [1.54, 1.807) is 0 Å². The van der Waals surface area contributed by atoms with E-state index in [9.17, 15) is 22.6 Å². The molecular weight excluding hydrogens is 467 g/mol. The van der Waals surface area contributed by atoms with Gasteiger partial charge in [-0.15, -0.1) is 0 Å². The van der Waals surface area contributed by atoms with Gasteiger partial charge in [-0.25, -0.2) is 8.42 Å². The standard InChI is InChI=1S/C25H44O7S.Na/c1-5-9-11-13-18(7-3)31-24(26)22-17-15-20(21(16-17)33(28,29)30)23(22)25(27)32-19(8-4)14-12-10-6-2;/h17-23H,5-16H2,1-4H3,(H,28,29,30);/q;+1/p-1/t17-,18+,19+,20+,21+,22?,23?;/m0./s1. The first-order valence-corrected chi connectivity index (χ1v) is 14.5. The van der Waals surface area contributed by atoms with E-state index in [0.717, 1.165) is 51.4 Å². The Morgan fingerprint density at radius 1 is 0.824 bits per heavy atom. The summed E-state index contributed by atoms with van der Waals surface area (Å²) in [5.74, 6) is -3.63. The van der Waals surface area contributed by atoms with Crippen molar-refractivity contribution in [1.29, 1.82) is 0 Å². The summed E-state index contributed by atoms with van der Waals surface area (Å²) in [6.45, 7) is 8.14. The van der Waals surface area contributed by atoms with E-state index in [4.69, 9.17) is 9.47 Å². The molecule has 0 N–H and O–H groups in total. The van der Waals surface area contributed by atoms with Crippen LogP contribution in [0.2, 0.25) is 0 Å². The third-order valence-corrected chi connectivity index (χ3v) is 8.88. The van der Waals surface area contributed by atoms with Gasteiger partial charge in [0.2, 0.25) is 0 Å². The van der Waals surface area contributed by atoms with Gasteiger partial charge in [0, 0.05) is 0 Å². The Hall–Kier alpha value is -0.150. The van der Waals surface area contributed by atoms with Gasteiger partial charge < -0.3 is 14.0 Å². The molecule has 0 aromatic carbocycles. The summed E-state index contributed by atoms with van der Waals surface area (Å²) in [7, 11) is -4.55. The average molecular weight is 511 g/mol. The number of unbranched alkanes of at least 4 members (excludes halogenated alkanes) is 4. The van der Waals surface area contributed by atoms with E-state index in [1.807, 2.05) is 13.8 Å². The van der Waals surface area contributed by atoms with Gasteiger partial charge in [-0.2, -0.15) is 0 Å². The van der Waals surface area contributed by atoms with Crippen LogP contribution in [-0.4, -0.2) is 42.4 Å². The van der Waals surface area contributed by atoms with Gasteiger partial charge >= 0.3 is 41.5 Å². The van der Waals surface area contributed by atoms with Crippen molar-refractivity contribution in [2.75, 3.05) is 0 Å². The molecule has 2 unspecified atom stereocenters. The van der Waals surface area contributed by atoms with Gasteiger partial charge in [0.25, 0.3) is 0 Å². The van der Waals surface area contributed by atoms with Crippen molar-refractivity contribution in [3.63, 3.8) is 0 Å². The van der Waals surface area contributed by atoms with Crippen molar-refractivity contribution >= 4 is 22.1 Å². The number of hydrogen-bond acceptors (Lipinski definition) is 7. The average Bonchev–Trinajstić information content (AvgIpc) is 3.36. The van der Waals surface area contributed by atoms with Crippen LogP contribution in [0, 0.1) is 23.7 Å². The van der Waals surface area contributed by atoms with Crippen molar-refractivity contribution in [2.45, 2.75) is 122 Å². The first-order valence-electron chi connectivity index (χ1n) is 13.0. The Labute approximate surface area is 228 Å². The van der Waals surface area contributed by atoms with E-state index < -0.39 is 45.1 Å². The molecule has 2 fully saturated rings. The van der Waals surface area contributed by atoms with E-state index in [2.05, 4.69) is 13.8 Å². The molecule has 34 heavy (non-hydrogen) atoms. The van der Waals surface area contributed by atoms with Gasteiger partial charge in [-0.1, -0.05) is 53.4 Å². The smallest absolute Gasteiger partial charge is 0.748 e. The molecule has 7 atom stereocenters. The summed E-state index contributed by atoms with van der Waals surface area (Å²) in [5, 5.41) is -1.13. The molecule has 0 saturated heterocycles. The van der Waals surface area contributed by atoms with Crippen LogP contribution in [0.3, 0.4) is 0 Å². The monoisotopic (exact) mass is 510 g/mol. The topological polar surface area (TPSA) is 110 Å². The van der Waals surface area contributed by atoms with Crippen LogP contribution in [0.15, 0.2) is 0 Å². The number of rotatable bonds is 15. The van der Waals surface area contributed by atoms with Crippen molar-refractivity contribution in [3.05, 3.63) is 0 Å². The van der Waals surface area contributed by atoms with Crippen LogP contribution in [-0.2, 0) is 29.2 Å². The number of carbonyl (C=O) groups excluding carboxylic acids is 2. The number of esters is 2. The maximum atomic E-state index is 13.3. The Balaban J connectivity index is 0.00000578. The first-order chi connectivity index (χ1) is 15.7. The summed E-state index contributed by atoms with van der Waals surface area (Å²) >= 11 is 0. The molecule has 2 rings (SSSR count). The van der Waals surface area contributed by atoms with E-state index in [1.165, 1.54) is 0 Å². The number of carbonyl (C=O) groups is 2. The number of hydrogen-bond donors (Lipinski definition) is 0. The summed E-state index contributed by atoms with van der Waals surface area (Å²) in [5.41, 5.74) is 0. The molecule has 192 valence electrons. The third kappa shape index (κ3) is 8.46. The first kappa shape index (κ1) is 31.9. The second kappa shape index (κ2) is 15.2. The van der Waals surface area contributed by atoms with Crippen LogP contribution in [0.5, 0.6) is 0 Å². The maximum Gasteiger partial charge on any atom is 1.00 e. The zero-order chi connectivity index (χ0) is 24.6. The Kier molecular flexibility index (Phi) is 14.2. The zero-order valence-electron chi connectivity index (χ0n) is 21.8. The molecule has 0 aliphatic heterocycles. The molecule has 0 amide bonds. The fourth-order valence-electron chi connectivity index (χ4n) is 5.72. The molecule has 2 aliphatic carbocycles. The third-order valence-electron chi connectivity index (χ3n) is 7.59. The molecule has 2 bridgehead atoms. The largest absolute Gasteiger partial charge is 1.00 e. The summed E-state index contributed by atoms with van der Waals surface area (Å²) in [6.07, 6.45) is 9.06. The van der Waals surface area contributed by atoms with Crippen LogP contribution in [0.1, 0.15) is 105 Å². The summed E-state index contributed by atoms with van der Waals surface area (Å²) in [6, 6.07) is 0. The normalized spacial score (nSPS) is 27.6. The van der Waals surface area contributed by atoms with Crippen LogP contribution in [0.25, 0.3) is 0 Å². The second-order valence-corrected chi connectivity index (χ2v) is 11.5. The fourth-order valence-corrected chi connectivity index (χ4v) is 6.91. The Bertz CT molecular complexity index is 742. The second-order valence-electron chi connectivity index (χ2n) is 9.90. The van der Waals surface area contributed by atoms with E-state index >= 15 is 0 Å². The number of ether oxygens (including phenoxy) is 2. The van der Waals surface area contributed by atoms with Gasteiger partial charge in [0.05, 0.1) is 27.2 Å². The molecule has 9 heteroatoms. The molecule has 0 aromatic rings. The molecule has 0 radical (unpaired) electrons. The summed E-state index contributed by atoms with van der Waals surface area (Å²) in [4.78, 5) is 26.5. The number of fused-ring (bicyclic) bond motifs is 2. The fraction of sp³-hybridized carbons (Fsp3) is 0.920. The SMILES string of the molecule is CCCCC[C@@H](CC)OC(=O)C1C(C(=O)O[C@H](CC)CCCCC)[C@@H]2C[C@H]1C[C@H]2S(=O)(=O)[O-].[Na+]. The minimum atomic E-state index is -4.55. The molecule has 0 spiro atoms. The quantitative estimate of drug-likeness (QED) is 0.143. The van der Waals surface area contributed by atoms with Gasteiger partial charge in [0.15, 0.2) is 0 Å². The Morgan fingerprint density at radius 3 is 1.71 bits per heavy atom. The summed E-state index contributed by atoms with van der Waals surface area (Å²) < 4.78 is 47.2. The predicted octanol–water partition coefficient (Wildman–Crippen LogP) is 1.98. The van der Waals surface area contributed by atoms with Gasteiger partial charge in [-0.05, 0) is 63.2 Å². The van der Waals surface area contributed by atoms with Crippen LogP contribution >= 0.6 is 0 Å². The van der Waals surface area contributed by atoms with Gasteiger partial charge in [-0.3, -0.25) is 9.59 Å². The maximum absolute atomic E-state index is 13.3. The molecule has 2 saturated carbocycles. The van der Waals surface area contributed by atoms with Crippen molar-refractivity contribution in [1.82, 2.24) is 0 Å². The zero-order valence-corrected chi connectivity index (χ0v) is 24.6. The molecule has 0 heterocycles. The van der Waals surface area contributed by atoms with Gasteiger partial charge in [0.1, 0.15) is 12.2 Å². The van der Waals surface area contributed by atoms with Crippen LogP contribution < -0.4 is 29.6 Å². The molecular formula is C25H43NaO7S. The van der Waals surface area contributed by atoms with Crippen molar-refractivity contribution in [3.8, 4) is 0 Å². The Morgan fingerprint density at radius 2 is 1.29 bits per heavy atom. The van der Waals surface area contributed by atoms with Crippen molar-refractivity contribution < 1.29 is 61.6 Å².